The zero-order chi connectivity index (χ0) is 17.7. The first-order chi connectivity index (χ1) is 10.7. The summed E-state index contributed by atoms with van der Waals surface area (Å²) in [5, 5.41) is 10.1. The number of carboxylic acids is 1. The summed E-state index contributed by atoms with van der Waals surface area (Å²) in [6.07, 6.45) is 1.51. The van der Waals surface area contributed by atoms with Crippen molar-refractivity contribution in [3.63, 3.8) is 0 Å². The van der Waals surface area contributed by atoms with Crippen LogP contribution in [0.2, 0.25) is 0 Å². The minimum Gasteiger partial charge on any atom is -0.481 e. The number of ether oxygens (including phenoxy) is 1. The van der Waals surface area contributed by atoms with Gasteiger partial charge in [0.25, 0.3) is 0 Å². The van der Waals surface area contributed by atoms with Crippen molar-refractivity contribution < 1.29 is 27.9 Å². The van der Waals surface area contributed by atoms with Crippen molar-refractivity contribution in [2.24, 2.45) is 5.41 Å². The molecule has 1 heterocycles. The number of carbonyl (C=O) groups excluding carboxylic acids is 1. The lowest BCUT2D eigenvalue weighted by atomic mass is 9.82. The van der Waals surface area contributed by atoms with Crippen LogP contribution in [0, 0.1) is 5.41 Å². The molecule has 0 spiro atoms. The molecule has 7 nitrogen and oxygen atoms in total. The average molecular weight is 349 g/mol. The van der Waals surface area contributed by atoms with E-state index in [4.69, 9.17) is 4.74 Å². The first-order valence-corrected chi connectivity index (χ1v) is 9.63. The maximum absolute atomic E-state index is 12.5. The van der Waals surface area contributed by atoms with Crippen LogP contribution in [0.5, 0.6) is 0 Å². The summed E-state index contributed by atoms with van der Waals surface area (Å²) < 4.78 is 30.1. The summed E-state index contributed by atoms with van der Waals surface area (Å²) in [6, 6.07) is 0. The molecule has 0 aromatic heterocycles. The van der Waals surface area contributed by atoms with Gasteiger partial charge >= 0.3 is 5.97 Å². The Balaban J connectivity index is 2.74. The summed E-state index contributed by atoms with van der Waals surface area (Å²) in [4.78, 5) is 23.6. The maximum atomic E-state index is 12.5. The molecule has 1 fully saturated rings. The average Bonchev–Trinajstić information content (AvgIpc) is 2.55. The van der Waals surface area contributed by atoms with Gasteiger partial charge in [0.05, 0.1) is 10.7 Å². The Morgan fingerprint density at radius 2 is 1.78 bits per heavy atom. The van der Waals surface area contributed by atoms with E-state index in [9.17, 15) is 23.1 Å². The quantitative estimate of drug-likeness (QED) is 0.676. The fourth-order valence-electron chi connectivity index (χ4n) is 2.72. The lowest BCUT2D eigenvalue weighted by Crippen LogP contribution is -2.48. The van der Waals surface area contributed by atoms with Gasteiger partial charge in [0.15, 0.2) is 9.84 Å². The predicted octanol–water partition coefficient (Wildman–Crippen LogP) is 0.976. The van der Waals surface area contributed by atoms with E-state index >= 15 is 0 Å². The molecule has 0 aliphatic carbocycles. The molecule has 1 aliphatic heterocycles. The van der Waals surface area contributed by atoms with Crippen molar-refractivity contribution in [3.8, 4) is 0 Å². The monoisotopic (exact) mass is 349 g/mol. The highest BCUT2D eigenvalue weighted by atomic mass is 32.2. The van der Waals surface area contributed by atoms with Crippen molar-refractivity contribution >= 4 is 21.7 Å². The third-order valence-corrected chi connectivity index (χ3v) is 7.50. The molecule has 2 N–H and O–H groups in total. The van der Waals surface area contributed by atoms with Gasteiger partial charge in [-0.05, 0) is 32.6 Å². The molecular formula is C15H27NO6S. The van der Waals surface area contributed by atoms with Gasteiger partial charge < -0.3 is 15.2 Å². The van der Waals surface area contributed by atoms with Crippen LogP contribution in [0.25, 0.3) is 0 Å². The van der Waals surface area contributed by atoms with Gasteiger partial charge in [-0.1, -0.05) is 13.8 Å². The summed E-state index contributed by atoms with van der Waals surface area (Å²) in [5.74, 6) is -1.62. The number of aliphatic carboxylic acids is 1. The van der Waals surface area contributed by atoms with Crippen LogP contribution in [-0.4, -0.2) is 55.7 Å². The molecule has 1 unspecified atom stereocenters. The highest BCUT2D eigenvalue weighted by molar-refractivity contribution is 7.93. The Kier molecular flexibility index (Phi) is 7.01. The minimum atomic E-state index is -3.60. The summed E-state index contributed by atoms with van der Waals surface area (Å²) in [6.45, 7) is 5.54. The highest BCUT2D eigenvalue weighted by Crippen LogP contribution is 2.26. The number of hydrogen-bond acceptors (Lipinski definition) is 5. The topological polar surface area (TPSA) is 110 Å². The zero-order valence-electron chi connectivity index (χ0n) is 14.0. The predicted molar refractivity (Wildman–Crippen MR) is 85.9 cm³/mol. The lowest BCUT2D eigenvalue weighted by Gasteiger charge is -2.28. The first-order valence-electron chi connectivity index (χ1n) is 8.02. The Labute approximate surface area is 137 Å². The molecule has 1 saturated heterocycles. The molecule has 0 radical (unpaired) electrons. The molecule has 134 valence electrons. The SMILES string of the molecule is CCC(CC)(CNC(=O)C(C)S(=O)(=O)C1CCOCC1)C(=O)O. The fourth-order valence-corrected chi connectivity index (χ4v) is 4.53. The Morgan fingerprint density at radius 3 is 2.22 bits per heavy atom. The number of carbonyl (C=O) groups is 2. The number of carboxylic acid groups (broad SMARTS) is 1. The van der Waals surface area contributed by atoms with Gasteiger partial charge in [-0.15, -0.1) is 0 Å². The minimum absolute atomic E-state index is 0.0677. The number of rotatable bonds is 8. The zero-order valence-corrected chi connectivity index (χ0v) is 14.8. The van der Waals surface area contributed by atoms with Crippen molar-refractivity contribution in [3.05, 3.63) is 0 Å². The largest absolute Gasteiger partial charge is 0.481 e. The van der Waals surface area contributed by atoms with Gasteiger partial charge in [0.2, 0.25) is 5.91 Å². The van der Waals surface area contributed by atoms with Crippen molar-refractivity contribution in [1.82, 2.24) is 5.32 Å². The third-order valence-electron chi connectivity index (χ3n) is 4.90. The number of nitrogens with one attached hydrogen (secondary N) is 1. The van der Waals surface area contributed by atoms with Gasteiger partial charge in [-0.25, -0.2) is 8.42 Å². The molecule has 23 heavy (non-hydrogen) atoms. The fraction of sp³-hybridized carbons (Fsp3) is 0.867. The molecule has 1 amide bonds. The Hall–Kier alpha value is -1.15. The van der Waals surface area contributed by atoms with Gasteiger partial charge in [0.1, 0.15) is 5.25 Å². The molecule has 1 rings (SSSR count). The van der Waals surface area contributed by atoms with E-state index < -0.39 is 37.6 Å². The van der Waals surface area contributed by atoms with E-state index in [1.807, 2.05) is 0 Å². The Bertz CT molecular complexity index is 520. The van der Waals surface area contributed by atoms with E-state index in [1.54, 1.807) is 13.8 Å². The van der Waals surface area contributed by atoms with Crippen LogP contribution in [0.4, 0.5) is 0 Å². The maximum Gasteiger partial charge on any atom is 0.311 e. The van der Waals surface area contributed by atoms with Crippen molar-refractivity contribution in [1.29, 1.82) is 0 Å². The van der Waals surface area contributed by atoms with Crippen LogP contribution in [0.3, 0.4) is 0 Å². The van der Waals surface area contributed by atoms with Crippen LogP contribution in [0.15, 0.2) is 0 Å². The molecule has 0 aromatic rings. The smallest absolute Gasteiger partial charge is 0.311 e. The Morgan fingerprint density at radius 1 is 1.26 bits per heavy atom. The second kappa shape index (κ2) is 8.10. The summed E-state index contributed by atoms with van der Waals surface area (Å²) >= 11 is 0. The van der Waals surface area contributed by atoms with E-state index in [2.05, 4.69) is 5.32 Å². The van der Waals surface area contributed by atoms with Crippen molar-refractivity contribution in [2.45, 2.75) is 57.0 Å². The van der Waals surface area contributed by atoms with Gasteiger partial charge in [-0.2, -0.15) is 0 Å². The van der Waals surface area contributed by atoms with Crippen molar-refractivity contribution in [2.75, 3.05) is 19.8 Å². The van der Waals surface area contributed by atoms with Gasteiger partial charge in [0, 0.05) is 19.8 Å². The summed E-state index contributed by atoms with van der Waals surface area (Å²) in [7, 11) is -3.60. The van der Waals surface area contributed by atoms with E-state index in [-0.39, 0.29) is 6.54 Å². The molecule has 1 aliphatic rings. The van der Waals surface area contributed by atoms with Crippen LogP contribution in [0.1, 0.15) is 46.5 Å². The molecule has 0 bridgehead atoms. The second-order valence-corrected chi connectivity index (χ2v) is 8.61. The summed E-state index contributed by atoms with van der Waals surface area (Å²) in [5.41, 5.74) is -1.06. The number of hydrogen-bond donors (Lipinski definition) is 2. The molecule has 0 aromatic carbocycles. The highest BCUT2D eigenvalue weighted by Gasteiger charge is 2.39. The number of amides is 1. The second-order valence-electron chi connectivity index (χ2n) is 6.05. The lowest BCUT2D eigenvalue weighted by molar-refractivity contribution is -0.149. The molecule has 0 saturated carbocycles. The van der Waals surface area contributed by atoms with Crippen LogP contribution in [-0.2, 0) is 24.2 Å². The van der Waals surface area contributed by atoms with E-state index in [0.29, 0.717) is 38.9 Å². The third kappa shape index (κ3) is 4.44. The number of sulfone groups is 1. The van der Waals surface area contributed by atoms with Crippen LogP contribution < -0.4 is 5.32 Å². The molecule has 1 atom stereocenters. The standard InChI is InChI=1S/C15H27NO6S/c1-4-15(5-2,14(18)19)10-16-13(17)11(3)23(20,21)12-6-8-22-9-7-12/h11-12H,4-10H2,1-3H3,(H,16,17)(H,18,19). The van der Waals surface area contributed by atoms with E-state index in [0.717, 1.165) is 0 Å². The van der Waals surface area contributed by atoms with Crippen LogP contribution >= 0.6 is 0 Å². The van der Waals surface area contributed by atoms with Gasteiger partial charge in [-0.3, -0.25) is 9.59 Å². The normalized spacial score (nSPS) is 18.4. The molecule has 8 heteroatoms. The first kappa shape index (κ1) is 19.9. The van der Waals surface area contributed by atoms with E-state index in [1.165, 1.54) is 6.92 Å². The molecular weight excluding hydrogens is 322 g/mol.